The Bertz CT molecular complexity index is 835. The molecule has 0 saturated heterocycles. The van der Waals surface area contributed by atoms with Crippen LogP contribution in [-0.4, -0.2) is 43.9 Å². The summed E-state index contributed by atoms with van der Waals surface area (Å²) in [6, 6.07) is 8.47. The van der Waals surface area contributed by atoms with Gasteiger partial charge in [-0.2, -0.15) is 0 Å². The molecule has 0 bridgehead atoms. The molecule has 8 nitrogen and oxygen atoms in total. The number of carboxylic acid groups (broad SMARTS) is 1. The third-order valence-corrected chi connectivity index (χ3v) is 4.18. The van der Waals surface area contributed by atoms with Gasteiger partial charge < -0.3 is 29.7 Å². The SMILES string of the molecule is COc1cc2c(cc1OC)C(c1cc(O)ccc1OC)CC(=O)N2.O=CO. The number of hydrogen-bond donors (Lipinski definition) is 3. The Labute approximate surface area is 156 Å². The van der Waals surface area contributed by atoms with E-state index in [9.17, 15) is 9.90 Å². The first-order valence-corrected chi connectivity index (χ1v) is 7.99. The summed E-state index contributed by atoms with van der Waals surface area (Å²) in [5, 5.41) is 19.6. The van der Waals surface area contributed by atoms with Crippen molar-refractivity contribution in [1.29, 1.82) is 0 Å². The van der Waals surface area contributed by atoms with Crippen LogP contribution in [0.25, 0.3) is 0 Å². The van der Waals surface area contributed by atoms with Crippen molar-refractivity contribution in [3.63, 3.8) is 0 Å². The molecule has 2 aromatic carbocycles. The zero-order chi connectivity index (χ0) is 20.0. The second-order valence-corrected chi connectivity index (χ2v) is 5.63. The maximum atomic E-state index is 12.2. The van der Waals surface area contributed by atoms with Crippen LogP contribution in [0.2, 0.25) is 0 Å². The van der Waals surface area contributed by atoms with Gasteiger partial charge in [0.05, 0.1) is 21.3 Å². The number of aromatic hydroxyl groups is 1. The summed E-state index contributed by atoms with van der Waals surface area (Å²) in [4.78, 5) is 20.5. The van der Waals surface area contributed by atoms with Crippen LogP contribution in [0.15, 0.2) is 30.3 Å². The summed E-state index contributed by atoms with van der Waals surface area (Å²) in [6.45, 7) is -0.250. The largest absolute Gasteiger partial charge is 0.508 e. The Balaban J connectivity index is 0.000000817. The minimum Gasteiger partial charge on any atom is -0.508 e. The highest BCUT2D eigenvalue weighted by atomic mass is 16.5. The molecule has 1 amide bonds. The fourth-order valence-electron chi connectivity index (χ4n) is 3.06. The molecule has 8 heteroatoms. The molecule has 0 radical (unpaired) electrons. The van der Waals surface area contributed by atoms with Gasteiger partial charge in [-0.25, -0.2) is 0 Å². The minimum atomic E-state index is -0.254. The Hall–Kier alpha value is -3.42. The highest BCUT2D eigenvalue weighted by Crippen LogP contribution is 2.45. The van der Waals surface area contributed by atoms with Gasteiger partial charge in [0.25, 0.3) is 6.47 Å². The number of ether oxygens (including phenoxy) is 3. The van der Waals surface area contributed by atoms with E-state index in [2.05, 4.69) is 5.32 Å². The first kappa shape index (κ1) is 19.9. The van der Waals surface area contributed by atoms with Gasteiger partial charge in [-0.15, -0.1) is 0 Å². The molecule has 3 N–H and O–H groups in total. The number of nitrogens with one attached hydrogen (secondary N) is 1. The third kappa shape index (κ3) is 4.22. The molecule has 144 valence electrons. The van der Waals surface area contributed by atoms with Crippen molar-refractivity contribution in [3.8, 4) is 23.0 Å². The summed E-state index contributed by atoms with van der Waals surface area (Å²) in [5.74, 6) is 1.50. The Morgan fingerprint density at radius 3 is 2.19 bits per heavy atom. The number of methoxy groups -OCH3 is 3. The van der Waals surface area contributed by atoms with Crippen LogP contribution in [0.4, 0.5) is 5.69 Å². The van der Waals surface area contributed by atoms with Gasteiger partial charge in [-0.1, -0.05) is 0 Å². The Morgan fingerprint density at radius 2 is 1.59 bits per heavy atom. The monoisotopic (exact) mass is 375 g/mol. The fourth-order valence-corrected chi connectivity index (χ4v) is 3.06. The van der Waals surface area contributed by atoms with Crippen LogP contribution in [0.3, 0.4) is 0 Å². The smallest absolute Gasteiger partial charge is 0.290 e. The summed E-state index contributed by atoms with van der Waals surface area (Å²) in [7, 11) is 4.68. The van der Waals surface area contributed by atoms with Gasteiger partial charge in [0.2, 0.25) is 5.91 Å². The van der Waals surface area contributed by atoms with Crippen molar-refractivity contribution in [2.45, 2.75) is 12.3 Å². The van der Waals surface area contributed by atoms with Crippen LogP contribution in [0.5, 0.6) is 23.0 Å². The van der Waals surface area contributed by atoms with Crippen molar-refractivity contribution >= 4 is 18.1 Å². The third-order valence-electron chi connectivity index (χ3n) is 4.18. The topological polar surface area (TPSA) is 114 Å². The number of phenolic OH excluding ortho intramolecular Hbond substituents is 1. The van der Waals surface area contributed by atoms with Crippen LogP contribution >= 0.6 is 0 Å². The molecular formula is C19H21NO7. The second kappa shape index (κ2) is 8.79. The number of phenols is 1. The lowest BCUT2D eigenvalue weighted by Crippen LogP contribution is -2.24. The van der Waals surface area contributed by atoms with Gasteiger partial charge in [0.15, 0.2) is 11.5 Å². The summed E-state index contributed by atoms with van der Waals surface area (Å²) >= 11 is 0. The molecule has 0 aliphatic carbocycles. The second-order valence-electron chi connectivity index (χ2n) is 5.63. The van der Waals surface area contributed by atoms with Crippen molar-refractivity contribution in [1.82, 2.24) is 0 Å². The average Bonchev–Trinajstić information content (AvgIpc) is 2.66. The van der Waals surface area contributed by atoms with E-state index in [1.54, 1.807) is 45.6 Å². The lowest BCUT2D eigenvalue weighted by atomic mass is 9.84. The number of carbonyl (C=O) groups excluding carboxylic acids is 1. The molecule has 0 saturated carbocycles. The number of rotatable bonds is 4. The number of fused-ring (bicyclic) bond motifs is 1. The number of anilines is 1. The lowest BCUT2D eigenvalue weighted by Gasteiger charge is -2.28. The van der Waals surface area contributed by atoms with Crippen LogP contribution < -0.4 is 19.5 Å². The van der Waals surface area contributed by atoms with E-state index in [-0.39, 0.29) is 30.5 Å². The average molecular weight is 375 g/mol. The van der Waals surface area contributed by atoms with E-state index in [1.165, 1.54) is 0 Å². The number of amides is 1. The van der Waals surface area contributed by atoms with Crippen LogP contribution in [0.1, 0.15) is 23.5 Å². The molecule has 1 aliphatic heterocycles. The van der Waals surface area contributed by atoms with E-state index < -0.39 is 0 Å². The molecule has 1 heterocycles. The fraction of sp³-hybridized carbons (Fsp3) is 0.263. The van der Waals surface area contributed by atoms with Gasteiger partial charge in [0.1, 0.15) is 11.5 Å². The molecule has 0 spiro atoms. The number of carbonyl (C=O) groups is 2. The van der Waals surface area contributed by atoms with E-state index in [1.807, 2.05) is 6.07 Å². The molecule has 0 aromatic heterocycles. The molecule has 1 atom stereocenters. The molecule has 3 rings (SSSR count). The molecule has 1 aliphatic rings. The predicted octanol–water partition coefficient (Wildman–Crippen LogP) is 2.59. The van der Waals surface area contributed by atoms with Crippen molar-refractivity contribution in [2.75, 3.05) is 26.6 Å². The number of hydrogen-bond acceptors (Lipinski definition) is 6. The van der Waals surface area contributed by atoms with E-state index >= 15 is 0 Å². The standard InChI is InChI=1S/C18H19NO5.CH2O2/c1-22-15-5-4-10(20)6-13(15)11-8-18(21)19-14-9-17(24-3)16(23-2)7-12(11)14;2-1-3/h4-7,9,11,20H,8H2,1-3H3,(H,19,21);1H,(H,2,3). The van der Waals surface area contributed by atoms with Crippen LogP contribution in [0, 0.1) is 0 Å². The minimum absolute atomic E-state index is 0.106. The first-order chi connectivity index (χ1) is 13.0. The zero-order valence-electron chi connectivity index (χ0n) is 15.2. The first-order valence-electron chi connectivity index (χ1n) is 7.99. The molecule has 2 aromatic rings. The van der Waals surface area contributed by atoms with E-state index in [0.29, 0.717) is 22.9 Å². The summed E-state index contributed by atoms with van der Waals surface area (Å²) in [6.07, 6.45) is 0.252. The zero-order valence-corrected chi connectivity index (χ0v) is 15.2. The highest BCUT2D eigenvalue weighted by Gasteiger charge is 2.30. The van der Waals surface area contributed by atoms with Crippen LogP contribution in [-0.2, 0) is 9.59 Å². The summed E-state index contributed by atoms with van der Waals surface area (Å²) in [5.41, 5.74) is 2.30. The maximum Gasteiger partial charge on any atom is 0.290 e. The van der Waals surface area contributed by atoms with Crippen molar-refractivity contribution in [2.24, 2.45) is 0 Å². The molecule has 27 heavy (non-hydrogen) atoms. The highest BCUT2D eigenvalue weighted by molar-refractivity contribution is 5.96. The maximum absolute atomic E-state index is 12.2. The van der Waals surface area contributed by atoms with Gasteiger partial charge in [-0.05, 0) is 29.8 Å². The lowest BCUT2D eigenvalue weighted by molar-refractivity contribution is -0.123. The van der Waals surface area contributed by atoms with Gasteiger partial charge in [0, 0.05) is 29.7 Å². The van der Waals surface area contributed by atoms with Crippen molar-refractivity contribution in [3.05, 3.63) is 41.5 Å². The predicted molar refractivity (Wildman–Crippen MR) is 98.0 cm³/mol. The molecule has 1 unspecified atom stereocenters. The Kier molecular flexibility index (Phi) is 6.48. The summed E-state index contributed by atoms with van der Waals surface area (Å²) < 4.78 is 16.1. The van der Waals surface area contributed by atoms with E-state index in [0.717, 1.165) is 11.1 Å². The van der Waals surface area contributed by atoms with E-state index in [4.69, 9.17) is 24.1 Å². The normalized spacial score (nSPS) is 14.8. The Morgan fingerprint density at radius 1 is 1.00 bits per heavy atom. The van der Waals surface area contributed by atoms with Gasteiger partial charge >= 0.3 is 0 Å². The van der Waals surface area contributed by atoms with Gasteiger partial charge in [-0.3, -0.25) is 9.59 Å². The molecule has 0 fully saturated rings. The molecular weight excluding hydrogens is 354 g/mol. The van der Waals surface area contributed by atoms with Crippen molar-refractivity contribution < 1.29 is 34.0 Å². The quantitative estimate of drug-likeness (QED) is 0.704. The number of benzene rings is 2.